The molecule has 0 heterocycles. The highest BCUT2D eigenvalue weighted by atomic mass is 16.3. The molecular formula is C30H48O3. The smallest absolute Gasteiger partial charge is 0.0842 e. The first-order valence-corrected chi connectivity index (χ1v) is 13.3. The van der Waals surface area contributed by atoms with Crippen LogP contribution in [-0.4, -0.2) is 33.1 Å². The van der Waals surface area contributed by atoms with Gasteiger partial charge < -0.3 is 15.3 Å². The van der Waals surface area contributed by atoms with E-state index < -0.39 is 17.8 Å². The third-order valence-electron chi connectivity index (χ3n) is 9.21. The zero-order chi connectivity index (χ0) is 24.4. The maximum absolute atomic E-state index is 10.7. The van der Waals surface area contributed by atoms with Gasteiger partial charge in [0.25, 0.3) is 0 Å². The lowest BCUT2D eigenvalue weighted by molar-refractivity contribution is 0.0201. The summed E-state index contributed by atoms with van der Waals surface area (Å²) in [7, 11) is 0. The van der Waals surface area contributed by atoms with Crippen LogP contribution in [0.15, 0.2) is 48.1 Å². The van der Waals surface area contributed by atoms with Crippen molar-refractivity contribution in [1.29, 1.82) is 0 Å². The Bertz CT molecular complexity index is 770. The van der Waals surface area contributed by atoms with Crippen LogP contribution < -0.4 is 0 Å². The van der Waals surface area contributed by atoms with Gasteiger partial charge in [-0.3, -0.25) is 0 Å². The molecule has 0 unspecified atom stereocenters. The highest BCUT2D eigenvalue weighted by Crippen LogP contribution is 2.60. The Labute approximate surface area is 202 Å². The van der Waals surface area contributed by atoms with Gasteiger partial charge in [0.05, 0.1) is 17.8 Å². The van der Waals surface area contributed by atoms with Crippen LogP contribution in [0.4, 0.5) is 0 Å². The Hall–Kier alpha value is -1.16. The van der Waals surface area contributed by atoms with E-state index in [0.29, 0.717) is 30.1 Å². The Morgan fingerprint density at radius 2 is 1.94 bits per heavy atom. The lowest BCUT2D eigenvalue weighted by Crippen LogP contribution is -2.38. The highest BCUT2D eigenvalue weighted by molar-refractivity contribution is 5.39. The average Bonchev–Trinajstić information content (AvgIpc) is 3.09. The topological polar surface area (TPSA) is 60.7 Å². The van der Waals surface area contributed by atoms with Crippen molar-refractivity contribution in [3.8, 4) is 0 Å². The van der Waals surface area contributed by atoms with E-state index in [4.69, 9.17) is 0 Å². The van der Waals surface area contributed by atoms with E-state index in [1.165, 1.54) is 32.1 Å². The van der Waals surface area contributed by atoms with Crippen LogP contribution in [0.25, 0.3) is 0 Å². The molecule has 3 saturated carbocycles. The normalized spacial score (nSPS) is 38.5. The van der Waals surface area contributed by atoms with Crippen molar-refractivity contribution < 1.29 is 15.3 Å². The van der Waals surface area contributed by atoms with Crippen LogP contribution in [-0.2, 0) is 0 Å². The SMILES string of the molecule is C=CC[C@H]1[C@H](O)C/C(=C/C=C2\CCC[C@]3(C)[C@@H]([C@H](C)CCCC(C)(C)O)CC[C@@H]23)C(=C)[C@H]1O. The molecule has 3 aliphatic carbocycles. The summed E-state index contributed by atoms with van der Waals surface area (Å²) in [6.45, 7) is 16.7. The molecule has 33 heavy (non-hydrogen) atoms. The zero-order valence-electron chi connectivity index (χ0n) is 21.5. The first kappa shape index (κ1) is 26.4. The standard InChI is InChI=1S/C30H48O3/c1-7-10-24-27(31)19-23(21(3)28(24)32)14-13-22-12-9-18-30(6)25(15-16-26(22)30)20(2)11-8-17-29(4,5)33/h7,13-14,20,24-28,31-33H,1,3,8-12,15-19H2,2,4-6H3/b22-13+,23-14-/t20-,24+,25-,26+,27-,28-,30-/m1/s1. The molecule has 3 aliphatic rings. The van der Waals surface area contributed by atoms with Gasteiger partial charge in [-0.05, 0) is 99.5 Å². The van der Waals surface area contributed by atoms with E-state index in [0.717, 1.165) is 36.3 Å². The summed E-state index contributed by atoms with van der Waals surface area (Å²) in [6, 6.07) is 0. The van der Waals surface area contributed by atoms with Crippen LogP contribution in [0.5, 0.6) is 0 Å². The number of hydrogen-bond acceptors (Lipinski definition) is 3. The summed E-state index contributed by atoms with van der Waals surface area (Å²) in [5, 5.41) is 31.3. The minimum absolute atomic E-state index is 0.203. The van der Waals surface area contributed by atoms with Crippen LogP contribution in [0, 0.1) is 29.1 Å². The number of fused-ring (bicyclic) bond motifs is 1. The van der Waals surface area contributed by atoms with Gasteiger partial charge in [0.15, 0.2) is 0 Å². The second-order valence-electron chi connectivity index (χ2n) is 12.1. The second kappa shape index (κ2) is 10.6. The fourth-order valence-electron chi connectivity index (χ4n) is 7.30. The van der Waals surface area contributed by atoms with Gasteiger partial charge in [-0.2, -0.15) is 0 Å². The molecule has 0 aromatic heterocycles. The molecule has 0 amide bonds. The molecule has 3 nitrogen and oxygen atoms in total. The maximum atomic E-state index is 10.7. The number of aliphatic hydroxyl groups excluding tert-OH is 2. The van der Waals surface area contributed by atoms with Crippen LogP contribution >= 0.6 is 0 Å². The number of rotatable bonds is 8. The Morgan fingerprint density at radius 3 is 2.61 bits per heavy atom. The molecule has 0 spiro atoms. The molecule has 3 rings (SSSR count). The van der Waals surface area contributed by atoms with Crippen LogP contribution in [0.1, 0.15) is 91.9 Å². The van der Waals surface area contributed by atoms with E-state index >= 15 is 0 Å². The largest absolute Gasteiger partial charge is 0.392 e. The molecule has 186 valence electrons. The van der Waals surface area contributed by atoms with Crippen molar-refractivity contribution in [3.05, 3.63) is 48.1 Å². The molecule has 0 aromatic rings. The van der Waals surface area contributed by atoms with Gasteiger partial charge >= 0.3 is 0 Å². The maximum Gasteiger partial charge on any atom is 0.0842 e. The summed E-state index contributed by atoms with van der Waals surface area (Å²) < 4.78 is 0. The first-order chi connectivity index (χ1) is 15.5. The molecule has 3 N–H and O–H groups in total. The lowest BCUT2D eigenvalue weighted by Gasteiger charge is -2.44. The summed E-state index contributed by atoms with van der Waals surface area (Å²) >= 11 is 0. The molecule has 0 aliphatic heterocycles. The molecule has 3 fully saturated rings. The Kier molecular flexibility index (Phi) is 8.51. The predicted molar refractivity (Wildman–Crippen MR) is 138 cm³/mol. The number of aliphatic hydroxyl groups is 3. The van der Waals surface area contributed by atoms with Crippen molar-refractivity contribution in [2.75, 3.05) is 0 Å². The molecule has 0 bridgehead atoms. The van der Waals surface area contributed by atoms with Crippen molar-refractivity contribution in [2.45, 2.75) is 110 Å². The van der Waals surface area contributed by atoms with E-state index in [1.54, 1.807) is 11.6 Å². The van der Waals surface area contributed by atoms with Gasteiger partial charge in [-0.1, -0.05) is 57.1 Å². The first-order valence-electron chi connectivity index (χ1n) is 13.3. The summed E-state index contributed by atoms with van der Waals surface area (Å²) in [5.41, 5.74) is 3.09. The summed E-state index contributed by atoms with van der Waals surface area (Å²) in [6.07, 6.45) is 15.5. The fraction of sp³-hybridized carbons (Fsp3) is 0.733. The van der Waals surface area contributed by atoms with Crippen molar-refractivity contribution >= 4 is 0 Å². The average molecular weight is 457 g/mol. The van der Waals surface area contributed by atoms with E-state index in [-0.39, 0.29) is 5.92 Å². The summed E-state index contributed by atoms with van der Waals surface area (Å²) in [4.78, 5) is 0. The molecule has 0 radical (unpaired) electrons. The summed E-state index contributed by atoms with van der Waals surface area (Å²) in [5.74, 6) is 1.86. The highest BCUT2D eigenvalue weighted by Gasteiger charge is 2.50. The lowest BCUT2D eigenvalue weighted by atomic mass is 9.60. The van der Waals surface area contributed by atoms with E-state index in [2.05, 4.69) is 39.2 Å². The van der Waals surface area contributed by atoms with E-state index in [1.807, 2.05) is 13.8 Å². The fourth-order valence-corrected chi connectivity index (χ4v) is 7.30. The Balaban J connectivity index is 1.71. The minimum Gasteiger partial charge on any atom is -0.392 e. The molecule has 0 aromatic carbocycles. The molecule has 3 heteroatoms. The van der Waals surface area contributed by atoms with E-state index in [9.17, 15) is 15.3 Å². The number of hydrogen-bond donors (Lipinski definition) is 3. The minimum atomic E-state index is -0.700. The van der Waals surface area contributed by atoms with Crippen LogP contribution in [0.2, 0.25) is 0 Å². The van der Waals surface area contributed by atoms with Gasteiger partial charge in [-0.25, -0.2) is 0 Å². The molecule has 0 saturated heterocycles. The number of allylic oxidation sites excluding steroid dienone is 4. The third-order valence-corrected chi connectivity index (χ3v) is 9.21. The van der Waals surface area contributed by atoms with Gasteiger partial charge in [-0.15, -0.1) is 6.58 Å². The van der Waals surface area contributed by atoms with Gasteiger partial charge in [0.2, 0.25) is 0 Å². The predicted octanol–water partition coefficient (Wildman–Crippen LogP) is 6.51. The van der Waals surface area contributed by atoms with Gasteiger partial charge in [0.1, 0.15) is 0 Å². The van der Waals surface area contributed by atoms with Gasteiger partial charge in [0, 0.05) is 5.92 Å². The Morgan fingerprint density at radius 1 is 1.21 bits per heavy atom. The quantitative estimate of drug-likeness (QED) is 0.365. The third kappa shape index (κ3) is 5.92. The monoisotopic (exact) mass is 456 g/mol. The van der Waals surface area contributed by atoms with Crippen molar-refractivity contribution in [3.63, 3.8) is 0 Å². The second-order valence-corrected chi connectivity index (χ2v) is 12.1. The molecule has 7 atom stereocenters. The van der Waals surface area contributed by atoms with Crippen LogP contribution in [0.3, 0.4) is 0 Å². The molecular weight excluding hydrogens is 408 g/mol. The van der Waals surface area contributed by atoms with Crippen molar-refractivity contribution in [1.82, 2.24) is 0 Å². The zero-order valence-corrected chi connectivity index (χ0v) is 21.5. The van der Waals surface area contributed by atoms with Crippen molar-refractivity contribution in [2.24, 2.45) is 29.1 Å².